The molecule has 1 aromatic carbocycles. The third-order valence-electron chi connectivity index (χ3n) is 3.47. The van der Waals surface area contributed by atoms with Crippen molar-refractivity contribution in [3.05, 3.63) is 35.1 Å². The SMILES string of the molecule is CCN1C(=O)COC(C(=O)O)C1c1cc(F)ccc1C. The maximum absolute atomic E-state index is 13.5. The van der Waals surface area contributed by atoms with E-state index >= 15 is 0 Å². The van der Waals surface area contributed by atoms with E-state index in [1.165, 1.54) is 17.0 Å². The first-order chi connectivity index (χ1) is 9.45. The number of carboxylic acid groups (broad SMARTS) is 1. The molecular weight excluding hydrogens is 265 g/mol. The number of hydrogen-bond donors (Lipinski definition) is 1. The smallest absolute Gasteiger partial charge is 0.335 e. The molecule has 0 aromatic heterocycles. The molecule has 1 aliphatic heterocycles. The Hall–Kier alpha value is -1.95. The molecule has 5 nitrogen and oxygen atoms in total. The summed E-state index contributed by atoms with van der Waals surface area (Å²) in [4.78, 5) is 24.7. The van der Waals surface area contributed by atoms with Crippen molar-refractivity contribution in [2.45, 2.75) is 26.0 Å². The first-order valence-electron chi connectivity index (χ1n) is 6.35. The van der Waals surface area contributed by atoms with Crippen LogP contribution in [-0.2, 0) is 14.3 Å². The summed E-state index contributed by atoms with van der Waals surface area (Å²) in [6.07, 6.45) is -1.19. The predicted octanol–water partition coefficient (Wildman–Crippen LogP) is 1.51. The van der Waals surface area contributed by atoms with Gasteiger partial charge in [-0.1, -0.05) is 6.07 Å². The monoisotopic (exact) mass is 281 g/mol. The van der Waals surface area contributed by atoms with Crippen LogP contribution in [0.25, 0.3) is 0 Å². The maximum Gasteiger partial charge on any atom is 0.335 e. The van der Waals surface area contributed by atoms with E-state index in [0.717, 1.165) is 5.56 Å². The summed E-state index contributed by atoms with van der Waals surface area (Å²) >= 11 is 0. The van der Waals surface area contributed by atoms with Gasteiger partial charge in [0.1, 0.15) is 12.4 Å². The first kappa shape index (κ1) is 14.5. The van der Waals surface area contributed by atoms with Gasteiger partial charge in [-0.3, -0.25) is 4.79 Å². The van der Waals surface area contributed by atoms with E-state index in [1.54, 1.807) is 19.9 Å². The second-order valence-electron chi connectivity index (χ2n) is 4.70. The van der Waals surface area contributed by atoms with Crippen molar-refractivity contribution in [2.75, 3.05) is 13.2 Å². The van der Waals surface area contributed by atoms with Crippen molar-refractivity contribution in [1.29, 1.82) is 0 Å². The number of halogens is 1. The van der Waals surface area contributed by atoms with E-state index in [2.05, 4.69) is 0 Å². The molecule has 1 N–H and O–H groups in total. The molecule has 108 valence electrons. The number of ether oxygens (including phenoxy) is 1. The van der Waals surface area contributed by atoms with Crippen molar-refractivity contribution < 1.29 is 23.8 Å². The van der Waals surface area contributed by atoms with E-state index in [1.807, 2.05) is 0 Å². The molecule has 2 unspecified atom stereocenters. The van der Waals surface area contributed by atoms with Gasteiger partial charge in [-0.05, 0) is 37.1 Å². The molecular formula is C14H16FNO4. The number of nitrogens with zero attached hydrogens (tertiary/aromatic N) is 1. The van der Waals surface area contributed by atoms with E-state index < -0.39 is 23.9 Å². The van der Waals surface area contributed by atoms with Gasteiger partial charge in [0.25, 0.3) is 0 Å². The van der Waals surface area contributed by atoms with Crippen LogP contribution in [0, 0.1) is 12.7 Å². The average molecular weight is 281 g/mol. The quantitative estimate of drug-likeness (QED) is 0.912. The second kappa shape index (κ2) is 5.58. The number of aryl methyl sites for hydroxylation is 1. The van der Waals surface area contributed by atoms with Gasteiger partial charge in [0.05, 0.1) is 6.04 Å². The summed E-state index contributed by atoms with van der Waals surface area (Å²) in [5.41, 5.74) is 1.19. The lowest BCUT2D eigenvalue weighted by molar-refractivity contribution is -0.172. The second-order valence-corrected chi connectivity index (χ2v) is 4.70. The molecule has 0 radical (unpaired) electrons. The van der Waals surface area contributed by atoms with E-state index in [4.69, 9.17) is 4.74 Å². The van der Waals surface area contributed by atoms with Crippen LogP contribution in [-0.4, -0.2) is 41.1 Å². The average Bonchev–Trinajstić information content (AvgIpc) is 2.40. The Morgan fingerprint density at radius 3 is 2.85 bits per heavy atom. The maximum atomic E-state index is 13.5. The summed E-state index contributed by atoms with van der Waals surface area (Å²) in [6.45, 7) is 3.58. The lowest BCUT2D eigenvalue weighted by Crippen LogP contribution is -2.51. The highest BCUT2D eigenvalue weighted by molar-refractivity contribution is 5.83. The molecule has 1 aliphatic rings. The normalized spacial score (nSPS) is 22.9. The van der Waals surface area contributed by atoms with Crippen molar-refractivity contribution in [1.82, 2.24) is 4.90 Å². The van der Waals surface area contributed by atoms with Crippen molar-refractivity contribution in [3.8, 4) is 0 Å². The molecule has 1 aromatic rings. The minimum atomic E-state index is -1.19. The zero-order valence-corrected chi connectivity index (χ0v) is 11.3. The molecule has 1 saturated heterocycles. The summed E-state index contributed by atoms with van der Waals surface area (Å²) < 4.78 is 18.6. The third-order valence-corrected chi connectivity index (χ3v) is 3.47. The number of amides is 1. The van der Waals surface area contributed by atoms with Gasteiger partial charge in [-0.15, -0.1) is 0 Å². The largest absolute Gasteiger partial charge is 0.479 e. The highest BCUT2D eigenvalue weighted by Gasteiger charge is 2.41. The molecule has 2 atom stereocenters. The molecule has 0 bridgehead atoms. The number of carboxylic acids is 1. The fourth-order valence-electron chi connectivity index (χ4n) is 2.49. The van der Waals surface area contributed by atoms with Crippen LogP contribution in [0.4, 0.5) is 4.39 Å². The zero-order chi connectivity index (χ0) is 14.9. The molecule has 6 heteroatoms. The Morgan fingerprint density at radius 1 is 1.55 bits per heavy atom. The van der Waals surface area contributed by atoms with Crippen LogP contribution in [0.2, 0.25) is 0 Å². The topological polar surface area (TPSA) is 66.8 Å². The third kappa shape index (κ3) is 2.51. The molecule has 20 heavy (non-hydrogen) atoms. The number of likely N-dealkylation sites (N-methyl/N-ethyl adjacent to an activating group) is 1. The minimum Gasteiger partial charge on any atom is -0.479 e. The number of aliphatic carboxylic acids is 1. The fraction of sp³-hybridized carbons (Fsp3) is 0.429. The van der Waals surface area contributed by atoms with Crippen LogP contribution in [0.5, 0.6) is 0 Å². The Kier molecular flexibility index (Phi) is 4.04. The fourth-order valence-corrected chi connectivity index (χ4v) is 2.49. The standard InChI is InChI=1S/C14H16FNO4/c1-3-16-11(17)7-20-13(14(18)19)12(16)10-6-9(15)5-4-8(10)2/h4-6,12-13H,3,7H2,1-2H3,(H,18,19). The molecule has 2 rings (SSSR count). The van der Waals surface area contributed by atoms with Gasteiger partial charge in [0.2, 0.25) is 5.91 Å². The van der Waals surface area contributed by atoms with Gasteiger partial charge < -0.3 is 14.7 Å². The van der Waals surface area contributed by atoms with Gasteiger partial charge in [0.15, 0.2) is 6.10 Å². The van der Waals surface area contributed by atoms with Crippen LogP contribution in [0.15, 0.2) is 18.2 Å². The van der Waals surface area contributed by atoms with Gasteiger partial charge in [0, 0.05) is 6.54 Å². The van der Waals surface area contributed by atoms with Gasteiger partial charge in [-0.25, -0.2) is 9.18 Å². The lowest BCUT2D eigenvalue weighted by Gasteiger charge is -2.39. The zero-order valence-electron chi connectivity index (χ0n) is 11.3. The first-order valence-corrected chi connectivity index (χ1v) is 6.35. The summed E-state index contributed by atoms with van der Waals surface area (Å²) in [5.74, 6) is -1.92. The van der Waals surface area contributed by atoms with Crippen LogP contribution in [0.3, 0.4) is 0 Å². The highest BCUT2D eigenvalue weighted by Crippen LogP contribution is 2.32. The van der Waals surface area contributed by atoms with Crippen molar-refractivity contribution >= 4 is 11.9 Å². The Morgan fingerprint density at radius 2 is 2.25 bits per heavy atom. The molecule has 0 aliphatic carbocycles. The molecule has 1 heterocycles. The Labute approximate surface area is 116 Å². The molecule has 1 fully saturated rings. The summed E-state index contributed by atoms with van der Waals surface area (Å²) in [5, 5.41) is 9.27. The van der Waals surface area contributed by atoms with Crippen LogP contribution < -0.4 is 0 Å². The van der Waals surface area contributed by atoms with E-state index in [0.29, 0.717) is 12.1 Å². The van der Waals surface area contributed by atoms with Crippen molar-refractivity contribution in [2.24, 2.45) is 0 Å². The Balaban J connectivity index is 2.52. The molecule has 0 saturated carbocycles. The number of benzene rings is 1. The highest BCUT2D eigenvalue weighted by atomic mass is 19.1. The number of rotatable bonds is 3. The molecule has 0 spiro atoms. The Bertz CT molecular complexity index is 544. The van der Waals surface area contributed by atoms with E-state index in [9.17, 15) is 19.1 Å². The number of carbonyl (C=O) groups is 2. The number of carbonyl (C=O) groups excluding carboxylic acids is 1. The van der Waals surface area contributed by atoms with Gasteiger partial charge in [-0.2, -0.15) is 0 Å². The van der Waals surface area contributed by atoms with Crippen molar-refractivity contribution in [3.63, 3.8) is 0 Å². The minimum absolute atomic E-state index is 0.268. The number of morpholine rings is 1. The summed E-state index contributed by atoms with van der Waals surface area (Å²) in [6, 6.07) is 3.32. The molecule has 1 amide bonds. The van der Waals surface area contributed by atoms with E-state index in [-0.39, 0.29) is 12.5 Å². The lowest BCUT2D eigenvalue weighted by atomic mass is 9.94. The van der Waals surface area contributed by atoms with Gasteiger partial charge >= 0.3 is 5.97 Å². The van der Waals surface area contributed by atoms with Crippen LogP contribution in [0.1, 0.15) is 24.1 Å². The number of hydrogen-bond acceptors (Lipinski definition) is 3. The predicted molar refractivity (Wildman–Crippen MR) is 68.6 cm³/mol. The van der Waals surface area contributed by atoms with Crippen LogP contribution >= 0.6 is 0 Å². The summed E-state index contributed by atoms with van der Waals surface area (Å²) in [7, 11) is 0.